The van der Waals surface area contributed by atoms with Crippen LogP contribution in [0.4, 0.5) is 0 Å². The van der Waals surface area contributed by atoms with Gasteiger partial charge < -0.3 is 9.84 Å². The van der Waals surface area contributed by atoms with Gasteiger partial charge in [-0.3, -0.25) is 16.5 Å². The molecule has 0 fully saturated rings. The number of ether oxygens (including phenoxy) is 1. The fraction of sp³-hybridized carbons (Fsp3) is 0.333. The van der Waals surface area contributed by atoms with Crippen LogP contribution in [0.15, 0.2) is 24.3 Å². The summed E-state index contributed by atoms with van der Waals surface area (Å²) in [6, 6.07) is 4.26. The van der Waals surface area contributed by atoms with Crippen LogP contribution in [0.3, 0.4) is 0 Å². The Hall–Kier alpha value is -2.51. The number of nitrogens with zero attached hydrogens (tertiary/aromatic N) is 1. The standard InChI is InChI=1S/C15H19N3O5/c1-15(2,3)23-14(22)10-7-5-4-6-9(10)11(8-19)12(13(20)21)18(16)17/h4-7,12H,16-17H2,1-3H3,(H,20,21)/t12-/m0/s1. The van der Waals surface area contributed by atoms with Crippen LogP contribution in [0.25, 0.3) is 5.57 Å². The van der Waals surface area contributed by atoms with Crippen LogP contribution < -0.4 is 11.7 Å². The third kappa shape index (κ3) is 4.73. The molecule has 1 aromatic carbocycles. The first-order valence-electron chi connectivity index (χ1n) is 6.67. The molecule has 8 heteroatoms. The summed E-state index contributed by atoms with van der Waals surface area (Å²) >= 11 is 0. The summed E-state index contributed by atoms with van der Waals surface area (Å²) in [4.78, 5) is 34.9. The van der Waals surface area contributed by atoms with Crippen molar-refractivity contribution >= 4 is 23.5 Å². The molecule has 0 amide bonds. The molecule has 0 aliphatic rings. The lowest BCUT2D eigenvalue weighted by atomic mass is 9.95. The van der Waals surface area contributed by atoms with Gasteiger partial charge in [0.1, 0.15) is 11.5 Å². The molecule has 5 N–H and O–H groups in total. The van der Waals surface area contributed by atoms with Gasteiger partial charge in [-0.2, -0.15) is 5.12 Å². The van der Waals surface area contributed by atoms with Gasteiger partial charge in [0.2, 0.25) is 0 Å². The molecule has 0 bridgehead atoms. The van der Waals surface area contributed by atoms with E-state index < -0.39 is 23.6 Å². The highest BCUT2D eigenvalue weighted by Gasteiger charge is 2.31. The number of hydrogen-bond donors (Lipinski definition) is 3. The number of rotatable bonds is 5. The van der Waals surface area contributed by atoms with E-state index in [1.807, 2.05) is 0 Å². The third-order valence-corrected chi connectivity index (χ3v) is 2.75. The Bertz CT molecular complexity index is 657. The average Bonchev–Trinajstić information content (AvgIpc) is 2.41. The van der Waals surface area contributed by atoms with Gasteiger partial charge in [0, 0.05) is 5.56 Å². The molecule has 1 aromatic rings. The number of carboxylic acids is 1. The normalized spacial score (nSPS) is 12.4. The van der Waals surface area contributed by atoms with Crippen molar-refractivity contribution < 1.29 is 24.2 Å². The molecule has 124 valence electrons. The molecule has 1 rings (SSSR count). The van der Waals surface area contributed by atoms with Gasteiger partial charge in [0.05, 0.1) is 11.1 Å². The zero-order valence-corrected chi connectivity index (χ0v) is 13.1. The zero-order chi connectivity index (χ0) is 17.8. The lowest BCUT2D eigenvalue weighted by Gasteiger charge is -2.23. The number of hydrogen-bond acceptors (Lipinski definition) is 7. The van der Waals surface area contributed by atoms with Crippen LogP contribution in [-0.2, 0) is 14.3 Å². The Balaban J connectivity index is 3.40. The summed E-state index contributed by atoms with van der Waals surface area (Å²) in [6.07, 6.45) is 0. The Morgan fingerprint density at radius 1 is 1.22 bits per heavy atom. The first kappa shape index (κ1) is 18.5. The van der Waals surface area contributed by atoms with Gasteiger partial charge in [-0.25, -0.2) is 9.59 Å². The number of carboxylic acid groups (broad SMARTS) is 1. The van der Waals surface area contributed by atoms with E-state index in [-0.39, 0.29) is 16.7 Å². The first-order chi connectivity index (χ1) is 10.6. The van der Waals surface area contributed by atoms with Crippen molar-refractivity contribution in [1.82, 2.24) is 5.12 Å². The summed E-state index contributed by atoms with van der Waals surface area (Å²) in [5.74, 6) is 9.95. The molecule has 0 aliphatic carbocycles. The number of carbonyl (C=O) groups excluding carboxylic acids is 2. The quantitative estimate of drug-likeness (QED) is 0.306. The number of hydrazine groups is 2. The summed E-state index contributed by atoms with van der Waals surface area (Å²) in [5.41, 5.74) is -1.06. The second-order valence-corrected chi connectivity index (χ2v) is 5.75. The lowest BCUT2D eigenvalue weighted by molar-refractivity contribution is -0.141. The van der Waals surface area contributed by atoms with Crippen LogP contribution in [-0.4, -0.2) is 39.7 Å². The molecule has 0 saturated carbocycles. The Labute approximate surface area is 133 Å². The smallest absolute Gasteiger partial charge is 0.339 e. The fourth-order valence-electron chi connectivity index (χ4n) is 1.89. The minimum atomic E-state index is -1.66. The molecule has 23 heavy (non-hydrogen) atoms. The predicted molar refractivity (Wildman–Crippen MR) is 82.3 cm³/mol. The van der Waals surface area contributed by atoms with Crippen molar-refractivity contribution in [2.75, 3.05) is 0 Å². The van der Waals surface area contributed by atoms with Crippen molar-refractivity contribution in [2.45, 2.75) is 32.4 Å². The van der Waals surface area contributed by atoms with Gasteiger partial charge >= 0.3 is 11.9 Å². The summed E-state index contributed by atoms with van der Waals surface area (Å²) < 4.78 is 5.25. The third-order valence-electron chi connectivity index (χ3n) is 2.75. The maximum atomic E-state index is 12.3. The summed E-state index contributed by atoms with van der Waals surface area (Å²) in [5, 5.41) is 9.57. The molecule has 8 nitrogen and oxygen atoms in total. The van der Waals surface area contributed by atoms with E-state index in [1.165, 1.54) is 24.1 Å². The molecule has 0 aromatic heterocycles. The SMILES string of the molecule is CC(C)(C)OC(=O)c1ccccc1C(=C=O)[C@@H](C(=O)O)N(N)N. The average molecular weight is 321 g/mol. The number of esters is 1. The van der Waals surface area contributed by atoms with E-state index in [4.69, 9.17) is 16.4 Å². The second kappa shape index (κ2) is 7.17. The first-order valence-corrected chi connectivity index (χ1v) is 6.67. The van der Waals surface area contributed by atoms with E-state index in [2.05, 4.69) is 0 Å². The van der Waals surface area contributed by atoms with Crippen molar-refractivity contribution in [3.05, 3.63) is 35.4 Å². The fourth-order valence-corrected chi connectivity index (χ4v) is 1.89. The molecule has 0 unspecified atom stereocenters. The molecule has 1 atom stereocenters. The lowest BCUT2D eigenvalue weighted by Crippen LogP contribution is -2.51. The van der Waals surface area contributed by atoms with Gasteiger partial charge in [-0.15, -0.1) is 0 Å². The number of aliphatic carboxylic acids is 1. The zero-order valence-electron chi connectivity index (χ0n) is 13.1. The highest BCUT2D eigenvalue weighted by atomic mass is 16.6. The topological polar surface area (TPSA) is 136 Å². The van der Waals surface area contributed by atoms with Gasteiger partial charge in [0.25, 0.3) is 0 Å². The van der Waals surface area contributed by atoms with E-state index in [0.29, 0.717) is 5.12 Å². The Morgan fingerprint density at radius 3 is 2.13 bits per heavy atom. The molecule has 0 aliphatic heterocycles. The highest BCUT2D eigenvalue weighted by Crippen LogP contribution is 2.24. The van der Waals surface area contributed by atoms with Crippen molar-refractivity contribution in [1.29, 1.82) is 0 Å². The molecular weight excluding hydrogens is 302 g/mol. The minimum absolute atomic E-state index is 0.0221. The van der Waals surface area contributed by atoms with Gasteiger partial charge in [-0.1, -0.05) is 18.2 Å². The van der Waals surface area contributed by atoms with E-state index in [9.17, 15) is 19.5 Å². The van der Waals surface area contributed by atoms with Gasteiger partial charge in [-0.05, 0) is 26.8 Å². The van der Waals surface area contributed by atoms with Crippen LogP contribution in [0.1, 0.15) is 36.7 Å². The van der Waals surface area contributed by atoms with E-state index in [1.54, 1.807) is 26.8 Å². The number of carbonyl (C=O) groups is 2. The molecular formula is C15H19N3O5. The molecule has 0 radical (unpaired) electrons. The Morgan fingerprint density at radius 2 is 1.74 bits per heavy atom. The van der Waals surface area contributed by atoms with Gasteiger partial charge in [0.15, 0.2) is 6.04 Å². The predicted octanol–water partition coefficient (Wildman–Crippen LogP) is 0.360. The maximum Gasteiger partial charge on any atom is 0.339 e. The van der Waals surface area contributed by atoms with Crippen LogP contribution in [0, 0.1) is 0 Å². The van der Waals surface area contributed by atoms with E-state index in [0.717, 1.165) is 0 Å². The monoisotopic (exact) mass is 321 g/mol. The van der Waals surface area contributed by atoms with Crippen LogP contribution >= 0.6 is 0 Å². The Kier molecular flexibility index (Phi) is 5.78. The molecule has 0 spiro atoms. The minimum Gasteiger partial charge on any atom is -0.480 e. The van der Waals surface area contributed by atoms with Crippen LogP contribution in [0.5, 0.6) is 0 Å². The molecule has 0 saturated heterocycles. The summed E-state index contributed by atoms with van der Waals surface area (Å²) in [6.45, 7) is 5.06. The van der Waals surface area contributed by atoms with E-state index >= 15 is 0 Å². The van der Waals surface area contributed by atoms with Crippen LogP contribution in [0.2, 0.25) is 0 Å². The van der Waals surface area contributed by atoms with Crippen molar-refractivity contribution in [3.8, 4) is 0 Å². The van der Waals surface area contributed by atoms with Crippen molar-refractivity contribution in [3.63, 3.8) is 0 Å². The molecule has 0 heterocycles. The maximum absolute atomic E-state index is 12.3. The summed E-state index contributed by atoms with van der Waals surface area (Å²) in [7, 11) is 0. The highest BCUT2D eigenvalue weighted by molar-refractivity contribution is 6.06. The second-order valence-electron chi connectivity index (χ2n) is 5.75. The number of nitrogens with two attached hydrogens (primary N) is 2. The largest absolute Gasteiger partial charge is 0.480 e. The van der Waals surface area contributed by atoms with Crippen molar-refractivity contribution in [2.24, 2.45) is 11.7 Å². The number of benzene rings is 1.